The first-order valence-electron chi connectivity index (χ1n) is 10.6. The van der Waals surface area contributed by atoms with Crippen molar-refractivity contribution in [2.75, 3.05) is 39.8 Å². The minimum atomic E-state index is -0.146. The summed E-state index contributed by atoms with van der Waals surface area (Å²) in [6.45, 7) is 4.59. The molecule has 2 aromatic carbocycles. The van der Waals surface area contributed by atoms with E-state index in [-0.39, 0.29) is 17.9 Å². The van der Waals surface area contributed by atoms with Gasteiger partial charge in [0, 0.05) is 39.5 Å². The number of hydrogen-bond acceptors (Lipinski definition) is 5. The quantitative estimate of drug-likeness (QED) is 0.746. The molecule has 2 aromatic rings. The lowest BCUT2D eigenvalue weighted by molar-refractivity contribution is -0.135. The molecule has 0 bridgehead atoms. The Labute approximate surface area is 182 Å². The fraction of sp³-hybridized carbons (Fsp3) is 0.375. The number of nitrogens with zero attached hydrogens (tertiary/aromatic N) is 4. The van der Waals surface area contributed by atoms with Crippen LogP contribution in [0.4, 0.5) is 0 Å². The summed E-state index contributed by atoms with van der Waals surface area (Å²) in [5, 5.41) is 6.39. The minimum absolute atomic E-state index is 0.0250. The lowest BCUT2D eigenvalue weighted by Crippen LogP contribution is -2.50. The average molecular weight is 421 g/mol. The molecule has 4 rings (SSSR count). The molecule has 0 spiro atoms. The monoisotopic (exact) mass is 420 g/mol. The van der Waals surface area contributed by atoms with Gasteiger partial charge < -0.3 is 9.64 Å². The Morgan fingerprint density at radius 2 is 1.68 bits per heavy atom. The minimum Gasteiger partial charge on any atom is -0.497 e. The predicted octanol–water partition coefficient (Wildman–Crippen LogP) is 2.54. The summed E-state index contributed by atoms with van der Waals surface area (Å²) in [4.78, 5) is 28.8. The number of hydrogen-bond donors (Lipinski definition) is 0. The van der Waals surface area contributed by atoms with E-state index in [1.54, 1.807) is 19.0 Å². The molecule has 1 atom stereocenters. The van der Waals surface area contributed by atoms with Crippen molar-refractivity contribution in [3.63, 3.8) is 0 Å². The normalized spacial score (nSPS) is 19.3. The molecule has 0 N–H and O–H groups in total. The Hall–Kier alpha value is -3.19. The Morgan fingerprint density at radius 1 is 1.00 bits per heavy atom. The van der Waals surface area contributed by atoms with E-state index in [1.807, 2.05) is 59.5 Å². The van der Waals surface area contributed by atoms with Crippen LogP contribution in [0.3, 0.4) is 0 Å². The average Bonchev–Trinajstić information content (AvgIpc) is 3.26. The van der Waals surface area contributed by atoms with E-state index in [4.69, 9.17) is 9.84 Å². The molecule has 0 radical (unpaired) electrons. The van der Waals surface area contributed by atoms with Gasteiger partial charge in [0.1, 0.15) is 5.75 Å². The zero-order chi connectivity index (χ0) is 21.8. The van der Waals surface area contributed by atoms with Crippen LogP contribution in [-0.2, 0) is 9.59 Å². The maximum absolute atomic E-state index is 13.3. The number of methoxy groups -OCH3 is 1. The van der Waals surface area contributed by atoms with Crippen LogP contribution < -0.4 is 4.74 Å². The molecule has 0 saturated carbocycles. The molecule has 7 heteroatoms. The molecule has 2 heterocycles. The van der Waals surface area contributed by atoms with Crippen LogP contribution in [0.2, 0.25) is 0 Å². The van der Waals surface area contributed by atoms with E-state index in [9.17, 15) is 9.59 Å². The third kappa shape index (κ3) is 4.77. The van der Waals surface area contributed by atoms with E-state index < -0.39 is 0 Å². The van der Waals surface area contributed by atoms with Crippen molar-refractivity contribution in [2.24, 2.45) is 5.10 Å². The van der Waals surface area contributed by atoms with Crippen molar-refractivity contribution in [2.45, 2.75) is 19.4 Å². The van der Waals surface area contributed by atoms with Crippen molar-refractivity contribution in [3.8, 4) is 5.75 Å². The lowest BCUT2D eigenvalue weighted by Gasteiger charge is -2.34. The van der Waals surface area contributed by atoms with Crippen molar-refractivity contribution in [1.29, 1.82) is 0 Å². The van der Waals surface area contributed by atoms with E-state index in [2.05, 4.69) is 4.90 Å². The Kier molecular flexibility index (Phi) is 6.32. The van der Waals surface area contributed by atoms with Gasteiger partial charge in [-0.1, -0.05) is 42.5 Å². The molecule has 2 aliphatic rings. The highest BCUT2D eigenvalue weighted by molar-refractivity contribution is 6.03. The highest BCUT2D eigenvalue weighted by Crippen LogP contribution is 2.33. The summed E-state index contributed by atoms with van der Waals surface area (Å²) in [5.41, 5.74) is 2.98. The van der Waals surface area contributed by atoms with Crippen LogP contribution >= 0.6 is 0 Å². The smallest absolute Gasteiger partial charge is 0.257 e. The molecule has 2 amide bonds. The van der Waals surface area contributed by atoms with Crippen molar-refractivity contribution in [3.05, 3.63) is 65.7 Å². The molecule has 162 valence electrons. The number of benzene rings is 2. The molecule has 31 heavy (non-hydrogen) atoms. The van der Waals surface area contributed by atoms with Gasteiger partial charge in [-0.05, 0) is 23.3 Å². The first-order valence-corrected chi connectivity index (χ1v) is 10.6. The van der Waals surface area contributed by atoms with Crippen LogP contribution in [0.25, 0.3) is 0 Å². The summed E-state index contributed by atoms with van der Waals surface area (Å²) in [6, 6.07) is 17.7. The lowest BCUT2D eigenvalue weighted by atomic mass is 9.98. The fourth-order valence-corrected chi connectivity index (χ4v) is 4.12. The van der Waals surface area contributed by atoms with Gasteiger partial charge in [0.05, 0.1) is 25.4 Å². The summed E-state index contributed by atoms with van der Waals surface area (Å²) >= 11 is 0. The molecule has 7 nitrogen and oxygen atoms in total. The van der Waals surface area contributed by atoms with E-state index >= 15 is 0 Å². The molecule has 0 aliphatic carbocycles. The van der Waals surface area contributed by atoms with Crippen molar-refractivity contribution < 1.29 is 14.3 Å². The van der Waals surface area contributed by atoms with Gasteiger partial charge in [0.25, 0.3) is 5.91 Å². The van der Waals surface area contributed by atoms with Crippen LogP contribution in [0, 0.1) is 0 Å². The molecule has 1 unspecified atom stereocenters. The topological polar surface area (TPSA) is 65.5 Å². The SMILES string of the molecule is COc1ccc(C2CC(c3ccccc3)=NN2C(=O)CN2CCN(C(C)=O)CC2)cc1. The second-order valence-corrected chi connectivity index (χ2v) is 7.93. The molecular formula is C24H28N4O3. The molecule has 1 saturated heterocycles. The number of piperazine rings is 1. The highest BCUT2D eigenvalue weighted by Gasteiger charge is 2.34. The maximum Gasteiger partial charge on any atom is 0.257 e. The fourth-order valence-electron chi connectivity index (χ4n) is 4.12. The number of carbonyl (C=O) groups is 2. The maximum atomic E-state index is 13.3. The first-order chi connectivity index (χ1) is 15.0. The van der Waals surface area contributed by atoms with Crippen molar-refractivity contribution in [1.82, 2.24) is 14.8 Å². The largest absolute Gasteiger partial charge is 0.497 e. The number of amides is 2. The molecular weight excluding hydrogens is 392 g/mol. The Morgan fingerprint density at radius 3 is 2.29 bits per heavy atom. The summed E-state index contributed by atoms with van der Waals surface area (Å²) in [7, 11) is 1.64. The van der Waals surface area contributed by atoms with E-state index in [1.165, 1.54) is 0 Å². The van der Waals surface area contributed by atoms with Gasteiger partial charge >= 0.3 is 0 Å². The highest BCUT2D eigenvalue weighted by atomic mass is 16.5. The first kappa shape index (κ1) is 21.1. The number of hydrazone groups is 1. The number of ether oxygens (including phenoxy) is 1. The second kappa shape index (κ2) is 9.31. The molecule has 1 fully saturated rings. The van der Waals surface area contributed by atoms with Crippen LogP contribution in [-0.4, -0.2) is 72.2 Å². The summed E-state index contributed by atoms with van der Waals surface area (Å²) in [5.74, 6) is 0.845. The zero-order valence-electron chi connectivity index (χ0n) is 18.0. The van der Waals surface area contributed by atoms with Crippen LogP contribution in [0.5, 0.6) is 5.75 Å². The number of rotatable bonds is 5. The van der Waals surface area contributed by atoms with Gasteiger partial charge in [0.2, 0.25) is 5.91 Å². The summed E-state index contributed by atoms with van der Waals surface area (Å²) < 4.78 is 5.28. The standard InChI is InChI=1S/C24H28N4O3/c1-18(29)27-14-12-26(13-15-27)17-24(30)28-23(20-8-10-21(31-2)11-9-20)16-22(25-28)19-6-4-3-5-7-19/h3-11,23H,12-17H2,1-2H3. The van der Waals surface area contributed by atoms with Gasteiger partial charge in [-0.2, -0.15) is 5.10 Å². The van der Waals surface area contributed by atoms with Crippen LogP contribution in [0.15, 0.2) is 59.7 Å². The third-order valence-corrected chi connectivity index (χ3v) is 5.95. The van der Waals surface area contributed by atoms with Gasteiger partial charge in [0.15, 0.2) is 0 Å². The molecule has 2 aliphatic heterocycles. The second-order valence-electron chi connectivity index (χ2n) is 7.93. The Balaban J connectivity index is 1.52. The third-order valence-electron chi connectivity index (χ3n) is 5.95. The van der Waals surface area contributed by atoms with Crippen LogP contribution in [0.1, 0.15) is 30.5 Å². The van der Waals surface area contributed by atoms with Gasteiger partial charge in [-0.25, -0.2) is 5.01 Å². The van der Waals surface area contributed by atoms with E-state index in [0.29, 0.717) is 39.1 Å². The number of carbonyl (C=O) groups excluding carboxylic acids is 2. The summed E-state index contributed by atoms with van der Waals surface area (Å²) in [6.07, 6.45) is 0.667. The Bertz CT molecular complexity index is 951. The van der Waals surface area contributed by atoms with Gasteiger partial charge in [-0.15, -0.1) is 0 Å². The van der Waals surface area contributed by atoms with Gasteiger partial charge in [-0.3, -0.25) is 14.5 Å². The zero-order valence-corrected chi connectivity index (χ0v) is 18.0. The van der Waals surface area contributed by atoms with Crippen molar-refractivity contribution >= 4 is 17.5 Å². The van der Waals surface area contributed by atoms with E-state index in [0.717, 1.165) is 22.6 Å². The molecule has 0 aromatic heterocycles. The predicted molar refractivity (Wildman–Crippen MR) is 119 cm³/mol.